The first kappa shape index (κ1) is 16.2. The van der Waals surface area contributed by atoms with Crippen LogP contribution < -0.4 is 22.5 Å². The number of aryl methyl sites for hydroxylation is 1. The van der Waals surface area contributed by atoms with Crippen LogP contribution in [0.25, 0.3) is 11.5 Å². The molecule has 0 saturated carbocycles. The largest absolute Gasteiger partial charge is 0.463 e. The highest BCUT2D eigenvalue weighted by Crippen LogP contribution is 2.29. The van der Waals surface area contributed by atoms with Gasteiger partial charge in [0.05, 0.1) is 6.26 Å². The molecule has 0 aliphatic heterocycles. The lowest BCUT2D eigenvalue weighted by Gasteiger charge is -2.07. The Kier molecular flexibility index (Phi) is 5.03. The second-order valence-electron chi connectivity index (χ2n) is 4.78. The van der Waals surface area contributed by atoms with E-state index in [9.17, 15) is 0 Å². The lowest BCUT2D eigenvalue weighted by molar-refractivity contribution is 0.580. The number of hydrogen-bond donors (Lipinski definition) is 4. The Bertz CT molecular complexity index is 749. The van der Waals surface area contributed by atoms with Gasteiger partial charge in [0.25, 0.3) is 0 Å². The molecule has 0 radical (unpaired) electrons. The number of rotatable bonds is 2. The maximum atomic E-state index is 5.85. The van der Waals surface area contributed by atoms with Crippen molar-refractivity contribution >= 4 is 23.1 Å². The van der Waals surface area contributed by atoms with Crippen LogP contribution in [-0.2, 0) is 0 Å². The minimum absolute atomic E-state index is 0.153. The zero-order valence-corrected chi connectivity index (χ0v) is 13.1. The fraction of sp³-hybridized carbons (Fsp3) is 0.125. The zero-order chi connectivity index (χ0) is 16.8. The second-order valence-corrected chi connectivity index (χ2v) is 4.78. The van der Waals surface area contributed by atoms with Crippen LogP contribution >= 0.6 is 0 Å². The summed E-state index contributed by atoms with van der Waals surface area (Å²) in [7, 11) is 1.71. The van der Waals surface area contributed by atoms with E-state index in [1.807, 2.05) is 31.2 Å². The van der Waals surface area contributed by atoms with Gasteiger partial charge in [-0.1, -0.05) is 18.2 Å². The van der Waals surface area contributed by atoms with E-state index in [1.165, 1.54) is 0 Å². The minimum atomic E-state index is 0.153. The monoisotopic (exact) mass is 312 g/mol. The number of benzene rings is 1. The van der Waals surface area contributed by atoms with Gasteiger partial charge < -0.3 is 26.9 Å². The highest BCUT2D eigenvalue weighted by molar-refractivity contribution is 5.79. The molecule has 3 aromatic rings. The first-order chi connectivity index (χ1) is 11.0. The summed E-state index contributed by atoms with van der Waals surface area (Å²) >= 11 is 0. The summed E-state index contributed by atoms with van der Waals surface area (Å²) in [5.74, 6) is 1.21. The van der Waals surface area contributed by atoms with Gasteiger partial charge in [-0.25, -0.2) is 4.98 Å². The summed E-state index contributed by atoms with van der Waals surface area (Å²) in [6.07, 6.45) is 1.55. The average molecular weight is 312 g/mol. The summed E-state index contributed by atoms with van der Waals surface area (Å²) in [5.41, 5.74) is 19.9. The fourth-order valence-electron chi connectivity index (χ4n) is 1.87. The van der Waals surface area contributed by atoms with Crippen molar-refractivity contribution in [2.24, 2.45) is 0 Å². The molecule has 0 fully saturated rings. The molecule has 3 rings (SSSR count). The molecule has 0 spiro atoms. The predicted molar refractivity (Wildman–Crippen MR) is 93.7 cm³/mol. The van der Waals surface area contributed by atoms with E-state index >= 15 is 0 Å². The Morgan fingerprint density at radius 2 is 1.74 bits per heavy atom. The number of hydrogen-bond acceptors (Lipinski definition) is 7. The van der Waals surface area contributed by atoms with Crippen LogP contribution in [0.4, 0.5) is 23.1 Å². The van der Waals surface area contributed by atoms with Crippen LogP contribution in [0.1, 0.15) is 5.56 Å². The van der Waals surface area contributed by atoms with Crippen LogP contribution in [0.5, 0.6) is 0 Å². The van der Waals surface area contributed by atoms with E-state index in [0.29, 0.717) is 23.0 Å². The molecular weight excluding hydrogens is 292 g/mol. The summed E-state index contributed by atoms with van der Waals surface area (Å²) < 4.78 is 5.20. The summed E-state index contributed by atoms with van der Waals surface area (Å²) in [5, 5.41) is 2.84. The van der Waals surface area contributed by atoms with Gasteiger partial charge in [-0.3, -0.25) is 0 Å². The molecule has 0 aliphatic carbocycles. The van der Waals surface area contributed by atoms with E-state index in [1.54, 1.807) is 25.4 Å². The molecule has 0 atom stereocenters. The van der Waals surface area contributed by atoms with Gasteiger partial charge >= 0.3 is 0 Å². The lowest BCUT2D eigenvalue weighted by Crippen LogP contribution is -2.06. The van der Waals surface area contributed by atoms with E-state index in [0.717, 1.165) is 11.3 Å². The molecule has 1 aromatic carbocycles. The van der Waals surface area contributed by atoms with Crippen molar-refractivity contribution in [1.29, 1.82) is 0 Å². The molecule has 120 valence electrons. The van der Waals surface area contributed by atoms with Gasteiger partial charge in [-0.2, -0.15) is 4.98 Å². The summed E-state index contributed by atoms with van der Waals surface area (Å²) in [6, 6.07) is 11.3. The standard InChI is InChI=1S/C9H11N5O.C7H9N/c1-12-8-6(10)7(13-9(11)14-8)5-3-2-4-15-5;1-6-4-2-3-5-7(6)8/h2-4H,10H2,1H3,(H3,11,12,13,14);2-5H,8H2,1H3. The normalized spacial score (nSPS) is 9.83. The van der Waals surface area contributed by atoms with Crippen molar-refractivity contribution in [2.75, 3.05) is 29.6 Å². The highest BCUT2D eigenvalue weighted by atomic mass is 16.3. The average Bonchev–Trinajstić information content (AvgIpc) is 3.07. The lowest BCUT2D eigenvalue weighted by atomic mass is 10.2. The Morgan fingerprint density at radius 1 is 1.00 bits per heavy atom. The molecule has 0 amide bonds. The van der Waals surface area contributed by atoms with E-state index in [4.69, 9.17) is 21.6 Å². The van der Waals surface area contributed by atoms with Crippen molar-refractivity contribution in [1.82, 2.24) is 9.97 Å². The van der Waals surface area contributed by atoms with Crippen molar-refractivity contribution < 1.29 is 4.42 Å². The molecule has 7 N–H and O–H groups in total. The van der Waals surface area contributed by atoms with Crippen molar-refractivity contribution in [3.8, 4) is 11.5 Å². The number of nitrogens with two attached hydrogens (primary N) is 3. The van der Waals surface area contributed by atoms with Gasteiger partial charge in [-0.15, -0.1) is 0 Å². The topological polar surface area (TPSA) is 129 Å². The van der Waals surface area contributed by atoms with E-state index in [-0.39, 0.29) is 5.95 Å². The SMILES string of the molecule is CNc1nc(N)nc(-c2ccco2)c1N.Cc1ccccc1N. The molecule has 7 nitrogen and oxygen atoms in total. The maximum absolute atomic E-state index is 5.85. The Balaban J connectivity index is 0.000000203. The third-order valence-electron chi connectivity index (χ3n) is 3.14. The molecule has 0 bridgehead atoms. The Labute approximate surface area is 134 Å². The van der Waals surface area contributed by atoms with Crippen molar-refractivity contribution in [2.45, 2.75) is 6.92 Å². The molecule has 2 aromatic heterocycles. The van der Waals surface area contributed by atoms with Crippen LogP contribution in [0.15, 0.2) is 47.1 Å². The molecule has 2 heterocycles. The van der Waals surface area contributed by atoms with E-state index in [2.05, 4.69) is 15.3 Å². The second kappa shape index (κ2) is 7.17. The Morgan fingerprint density at radius 3 is 2.26 bits per heavy atom. The van der Waals surface area contributed by atoms with Gasteiger partial charge in [0.15, 0.2) is 11.6 Å². The van der Waals surface area contributed by atoms with Gasteiger partial charge in [0, 0.05) is 12.7 Å². The van der Waals surface area contributed by atoms with Crippen LogP contribution in [0.2, 0.25) is 0 Å². The van der Waals surface area contributed by atoms with Crippen LogP contribution in [-0.4, -0.2) is 17.0 Å². The number of nitrogens with zero attached hydrogens (tertiary/aromatic N) is 2. The number of para-hydroxylation sites is 1. The minimum Gasteiger partial charge on any atom is -0.463 e. The van der Waals surface area contributed by atoms with Crippen molar-refractivity contribution in [3.05, 3.63) is 48.2 Å². The molecular formula is C16H20N6O. The number of nitrogen functional groups attached to an aromatic ring is 3. The smallest absolute Gasteiger partial charge is 0.222 e. The van der Waals surface area contributed by atoms with Gasteiger partial charge in [0.2, 0.25) is 5.95 Å². The van der Waals surface area contributed by atoms with Gasteiger partial charge in [-0.05, 0) is 30.7 Å². The molecule has 0 saturated heterocycles. The van der Waals surface area contributed by atoms with Gasteiger partial charge in [0.1, 0.15) is 11.4 Å². The molecule has 23 heavy (non-hydrogen) atoms. The first-order valence-electron chi connectivity index (χ1n) is 6.98. The van der Waals surface area contributed by atoms with Crippen LogP contribution in [0.3, 0.4) is 0 Å². The third-order valence-corrected chi connectivity index (χ3v) is 3.14. The number of nitrogens with one attached hydrogen (secondary N) is 1. The molecule has 0 aliphatic rings. The molecule has 0 unspecified atom stereocenters. The number of anilines is 4. The summed E-state index contributed by atoms with van der Waals surface area (Å²) in [6.45, 7) is 2.00. The summed E-state index contributed by atoms with van der Waals surface area (Å²) in [4.78, 5) is 7.98. The molecule has 7 heteroatoms. The maximum Gasteiger partial charge on any atom is 0.222 e. The van der Waals surface area contributed by atoms with E-state index < -0.39 is 0 Å². The number of aromatic nitrogens is 2. The fourth-order valence-corrected chi connectivity index (χ4v) is 1.87. The zero-order valence-electron chi connectivity index (χ0n) is 13.1. The first-order valence-corrected chi connectivity index (χ1v) is 6.98. The third kappa shape index (κ3) is 3.91. The number of furan rings is 1. The van der Waals surface area contributed by atoms with Crippen LogP contribution in [0, 0.1) is 6.92 Å². The van der Waals surface area contributed by atoms with Crippen molar-refractivity contribution in [3.63, 3.8) is 0 Å². The quantitative estimate of drug-likeness (QED) is 0.535. The highest BCUT2D eigenvalue weighted by Gasteiger charge is 2.13. The predicted octanol–water partition coefficient (Wildman–Crippen LogP) is 2.52. The Hall–Kier alpha value is -3.22.